The fraction of sp³-hybridized carbons (Fsp3) is 0.857. The van der Waals surface area contributed by atoms with Gasteiger partial charge in [0.2, 0.25) is 0 Å². The lowest BCUT2D eigenvalue weighted by Gasteiger charge is -2.34. The van der Waals surface area contributed by atoms with E-state index >= 15 is 0 Å². The topological polar surface area (TPSA) is 58.6 Å². The van der Waals surface area contributed by atoms with Crippen LogP contribution in [0.4, 0.5) is 4.79 Å². The number of nitrogens with one attached hydrogen (secondary N) is 1. The summed E-state index contributed by atoms with van der Waals surface area (Å²) in [5.41, 5.74) is 0. The van der Waals surface area contributed by atoms with Crippen molar-refractivity contribution in [3.05, 3.63) is 0 Å². The van der Waals surface area contributed by atoms with Crippen LogP contribution in [0.2, 0.25) is 0 Å². The second-order valence-corrected chi connectivity index (χ2v) is 5.69. The zero-order chi connectivity index (χ0) is 14.4. The van der Waals surface area contributed by atoms with Crippen molar-refractivity contribution in [1.82, 2.24) is 10.2 Å². The minimum atomic E-state index is -0.549. The molecule has 5 heteroatoms. The first-order chi connectivity index (χ1) is 8.95. The van der Waals surface area contributed by atoms with Crippen molar-refractivity contribution in [2.24, 2.45) is 5.92 Å². The van der Waals surface area contributed by atoms with Crippen LogP contribution in [0.15, 0.2) is 0 Å². The van der Waals surface area contributed by atoms with Crippen molar-refractivity contribution >= 4 is 12.0 Å². The number of carbonyl (C=O) groups is 2. The Labute approximate surface area is 115 Å². The smallest absolute Gasteiger partial charge is 0.328 e. The van der Waals surface area contributed by atoms with Crippen LogP contribution in [0, 0.1) is 5.92 Å². The number of amides is 2. The number of hydrogen-bond acceptors (Lipinski definition) is 3. The SMILES string of the molecule is COC(=O)[C@H](CC(C)C)NC(=O)N1CCCC[C@@H]1C. The van der Waals surface area contributed by atoms with Crippen LogP contribution in [-0.2, 0) is 9.53 Å². The van der Waals surface area contributed by atoms with E-state index in [2.05, 4.69) is 5.32 Å². The van der Waals surface area contributed by atoms with E-state index in [-0.39, 0.29) is 18.0 Å². The Balaban J connectivity index is 2.61. The van der Waals surface area contributed by atoms with Crippen LogP contribution in [0.3, 0.4) is 0 Å². The first-order valence-electron chi connectivity index (χ1n) is 7.10. The molecule has 0 aromatic heterocycles. The van der Waals surface area contributed by atoms with E-state index in [0.717, 1.165) is 25.8 Å². The van der Waals surface area contributed by atoms with Crippen LogP contribution in [0.5, 0.6) is 0 Å². The molecule has 5 nitrogen and oxygen atoms in total. The van der Waals surface area contributed by atoms with Gasteiger partial charge in [-0.25, -0.2) is 9.59 Å². The first-order valence-corrected chi connectivity index (χ1v) is 7.10. The Morgan fingerprint density at radius 2 is 2.05 bits per heavy atom. The number of ether oxygens (including phenoxy) is 1. The van der Waals surface area contributed by atoms with Gasteiger partial charge in [-0.05, 0) is 38.5 Å². The quantitative estimate of drug-likeness (QED) is 0.796. The number of nitrogens with zero attached hydrogens (tertiary/aromatic N) is 1. The van der Waals surface area contributed by atoms with Gasteiger partial charge in [-0.1, -0.05) is 13.8 Å². The number of likely N-dealkylation sites (tertiary alicyclic amines) is 1. The average Bonchev–Trinajstić information content (AvgIpc) is 2.36. The summed E-state index contributed by atoms with van der Waals surface area (Å²) in [7, 11) is 1.35. The van der Waals surface area contributed by atoms with Gasteiger partial charge in [0, 0.05) is 12.6 Å². The second-order valence-electron chi connectivity index (χ2n) is 5.69. The number of hydrogen-bond donors (Lipinski definition) is 1. The molecular formula is C14H26N2O3. The molecule has 2 atom stereocenters. The van der Waals surface area contributed by atoms with E-state index in [0.29, 0.717) is 12.3 Å². The largest absolute Gasteiger partial charge is 0.467 e. The summed E-state index contributed by atoms with van der Waals surface area (Å²) in [6.07, 6.45) is 3.82. The Hall–Kier alpha value is -1.26. The predicted octanol–water partition coefficient (Wildman–Crippen LogP) is 2.16. The molecule has 0 aromatic carbocycles. The highest BCUT2D eigenvalue weighted by molar-refractivity contribution is 5.83. The Morgan fingerprint density at radius 3 is 2.58 bits per heavy atom. The molecule has 1 N–H and O–H groups in total. The van der Waals surface area contributed by atoms with Crippen molar-refractivity contribution < 1.29 is 14.3 Å². The maximum atomic E-state index is 12.2. The Kier molecular flexibility index (Phi) is 6.12. The third-order valence-electron chi connectivity index (χ3n) is 3.55. The Bertz CT molecular complexity index is 318. The molecule has 0 unspecified atom stereocenters. The molecule has 1 rings (SSSR count). The van der Waals surface area contributed by atoms with E-state index in [4.69, 9.17) is 4.74 Å². The lowest BCUT2D eigenvalue weighted by atomic mass is 10.0. The fourth-order valence-electron chi connectivity index (χ4n) is 2.46. The number of urea groups is 1. The van der Waals surface area contributed by atoms with Gasteiger partial charge in [-0.2, -0.15) is 0 Å². The number of esters is 1. The standard InChI is InChI=1S/C14H26N2O3/c1-10(2)9-12(13(17)19-4)15-14(18)16-8-6-5-7-11(16)3/h10-12H,5-9H2,1-4H3,(H,15,18)/t11-,12-/m0/s1. The zero-order valence-corrected chi connectivity index (χ0v) is 12.4. The number of methoxy groups -OCH3 is 1. The molecule has 0 saturated carbocycles. The summed E-state index contributed by atoms with van der Waals surface area (Å²) in [6.45, 7) is 6.86. The summed E-state index contributed by atoms with van der Waals surface area (Å²) in [4.78, 5) is 25.7. The molecule has 1 heterocycles. The summed E-state index contributed by atoms with van der Waals surface area (Å²) in [5.74, 6) is -0.0464. The molecule has 110 valence electrons. The maximum Gasteiger partial charge on any atom is 0.328 e. The molecule has 0 aliphatic carbocycles. The van der Waals surface area contributed by atoms with E-state index in [9.17, 15) is 9.59 Å². The third kappa shape index (κ3) is 4.73. The van der Waals surface area contributed by atoms with Gasteiger partial charge in [-0.15, -0.1) is 0 Å². The van der Waals surface area contributed by atoms with Gasteiger partial charge in [0.25, 0.3) is 0 Å². The first kappa shape index (κ1) is 15.8. The normalized spacial score (nSPS) is 21.1. The summed E-state index contributed by atoms with van der Waals surface area (Å²) >= 11 is 0. The minimum absolute atomic E-state index is 0.150. The summed E-state index contributed by atoms with van der Waals surface area (Å²) < 4.78 is 4.76. The monoisotopic (exact) mass is 270 g/mol. The highest BCUT2D eigenvalue weighted by Gasteiger charge is 2.28. The van der Waals surface area contributed by atoms with E-state index in [1.54, 1.807) is 0 Å². The summed E-state index contributed by atoms with van der Waals surface area (Å²) in [5, 5.41) is 2.81. The zero-order valence-electron chi connectivity index (χ0n) is 12.4. The molecular weight excluding hydrogens is 244 g/mol. The second kappa shape index (κ2) is 7.36. The molecule has 1 aliphatic rings. The van der Waals surface area contributed by atoms with E-state index in [1.807, 2.05) is 25.7 Å². The predicted molar refractivity (Wildman–Crippen MR) is 73.8 cm³/mol. The van der Waals surface area contributed by atoms with Gasteiger partial charge in [0.15, 0.2) is 0 Å². The van der Waals surface area contributed by atoms with Crippen LogP contribution in [-0.4, -0.2) is 42.6 Å². The van der Waals surface area contributed by atoms with Crippen molar-refractivity contribution in [2.45, 2.75) is 58.5 Å². The van der Waals surface area contributed by atoms with E-state index < -0.39 is 6.04 Å². The van der Waals surface area contributed by atoms with Gasteiger partial charge in [-0.3, -0.25) is 0 Å². The highest BCUT2D eigenvalue weighted by atomic mass is 16.5. The number of carbonyl (C=O) groups excluding carboxylic acids is 2. The fourth-order valence-corrected chi connectivity index (χ4v) is 2.46. The number of rotatable bonds is 4. The number of piperidine rings is 1. The van der Waals surface area contributed by atoms with Crippen LogP contribution < -0.4 is 5.32 Å². The van der Waals surface area contributed by atoms with Crippen molar-refractivity contribution in [1.29, 1.82) is 0 Å². The van der Waals surface area contributed by atoms with Crippen molar-refractivity contribution in [3.8, 4) is 0 Å². The minimum Gasteiger partial charge on any atom is -0.467 e. The Morgan fingerprint density at radius 1 is 1.37 bits per heavy atom. The average molecular weight is 270 g/mol. The molecule has 2 amide bonds. The molecule has 0 radical (unpaired) electrons. The molecule has 0 bridgehead atoms. The van der Waals surface area contributed by atoms with Crippen molar-refractivity contribution in [2.75, 3.05) is 13.7 Å². The molecule has 0 spiro atoms. The lowest BCUT2D eigenvalue weighted by Crippen LogP contribution is -2.52. The molecule has 1 fully saturated rings. The molecule has 0 aromatic rings. The van der Waals surface area contributed by atoms with Crippen LogP contribution in [0.25, 0.3) is 0 Å². The lowest BCUT2D eigenvalue weighted by molar-refractivity contribution is -0.143. The van der Waals surface area contributed by atoms with Crippen LogP contribution >= 0.6 is 0 Å². The third-order valence-corrected chi connectivity index (χ3v) is 3.55. The molecule has 1 saturated heterocycles. The maximum absolute atomic E-state index is 12.2. The molecule has 19 heavy (non-hydrogen) atoms. The summed E-state index contributed by atoms with van der Waals surface area (Å²) in [6, 6.07) is -0.457. The highest BCUT2D eigenvalue weighted by Crippen LogP contribution is 2.17. The van der Waals surface area contributed by atoms with Crippen LogP contribution in [0.1, 0.15) is 46.5 Å². The van der Waals surface area contributed by atoms with Gasteiger partial charge in [0.05, 0.1) is 7.11 Å². The van der Waals surface area contributed by atoms with Crippen molar-refractivity contribution in [3.63, 3.8) is 0 Å². The van der Waals surface area contributed by atoms with Gasteiger partial charge < -0.3 is 15.0 Å². The van der Waals surface area contributed by atoms with E-state index in [1.165, 1.54) is 7.11 Å². The molecule has 1 aliphatic heterocycles. The van der Waals surface area contributed by atoms with Gasteiger partial charge in [0.1, 0.15) is 6.04 Å². The van der Waals surface area contributed by atoms with Gasteiger partial charge >= 0.3 is 12.0 Å².